The van der Waals surface area contributed by atoms with Gasteiger partial charge in [-0.25, -0.2) is 4.79 Å². The van der Waals surface area contributed by atoms with Crippen LogP contribution in [0.15, 0.2) is 35.5 Å². The van der Waals surface area contributed by atoms with Crippen LogP contribution in [0, 0.1) is 13.8 Å². The molecule has 0 aliphatic rings. The smallest absolute Gasteiger partial charge is 0.340 e. The van der Waals surface area contributed by atoms with Crippen molar-refractivity contribution in [2.75, 3.05) is 18.2 Å². The maximum Gasteiger partial charge on any atom is 0.340 e. The molecule has 0 aliphatic heterocycles. The van der Waals surface area contributed by atoms with Gasteiger partial charge in [-0.05, 0) is 32.4 Å². The summed E-state index contributed by atoms with van der Waals surface area (Å²) in [5.74, 6) is 0.259. The van der Waals surface area contributed by atoms with Gasteiger partial charge in [-0.3, -0.25) is 4.79 Å². The van der Waals surface area contributed by atoms with Gasteiger partial charge in [0.1, 0.15) is 5.00 Å². The van der Waals surface area contributed by atoms with Gasteiger partial charge in [0.15, 0.2) is 11.0 Å². The normalized spacial score (nSPS) is 10.8. The maximum absolute atomic E-state index is 12.5. The summed E-state index contributed by atoms with van der Waals surface area (Å²) in [7, 11) is 1.32. The zero-order valence-corrected chi connectivity index (χ0v) is 18.3. The fourth-order valence-corrected chi connectivity index (χ4v) is 4.58. The molecule has 2 aromatic heterocycles. The zero-order valence-electron chi connectivity index (χ0n) is 16.7. The number of amides is 1. The quantitative estimate of drug-likeness (QED) is 0.447. The Hall–Kier alpha value is -2.65. The third kappa shape index (κ3) is 4.68. The van der Waals surface area contributed by atoms with Crippen LogP contribution in [0.25, 0.3) is 11.4 Å². The number of rotatable bonds is 7. The van der Waals surface area contributed by atoms with Gasteiger partial charge in [0, 0.05) is 17.0 Å². The number of esters is 1. The van der Waals surface area contributed by atoms with Crippen LogP contribution in [-0.2, 0) is 16.1 Å². The Morgan fingerprint density at radius 3 is 2.69 bits per heavy atom. The minimum absolute atomic E-state index is 0.156. The van der Waals surface area contributed by atoms with Crippen molar-refractivity contribution in [3.8, 4) is 11.4 Å². The topological polar surface area (TPSA) is 86.1 Å². The number of nitrogens with one attached hydrogen (secondary N) is 1. The van der Waals surface area contributed by atoms with Gasteiger partial charge in [0.2, 0.25) is 5.91 Å². The van der Waals surface area contributed by atoms with Crippen molar-refractivity contribution in [1.82, 2.24) is 14.8 Å². The molecule has 7 nitrogen and oxygen atoms in total. The third-order valence-corrected chi connectivity index (χ3v) is 6.20. The van der Waals surface area contributed by atoms with Crippen LogP contribution in [-0.4, -0.2) is 39.5 Å². The molecule has 0 bridgehead atoms. The molecule has 0 atom stereocenters. The summed E-state index contributed by atoms with van der Waals surface area (Å²) in [5, 5.41) is 12.6. The molecule has 0 aliphatic carbocycles. The molecule has 29 heavy (non-hydrogen) atoms. The Morgan fingerprint density at radius 1 is 1.24 bits per heavy atom. The Morgan fingerprint density at radius 2 is 2.00 bits per heavy atom. The monoisotopic (exact) mass is 430 g/mol. The van der Waals surface area contributed by atoms with Crippen molar-refractivity contribution < 1.29 is 14.3 Å². The van der Waals surface area contributed by atoms with E-state index in [1.807, 2.05) is 49.6 Å². The van der Waals surface area contributed by atoms with Gasteiger partial charge < -0.3 is 14.6 Å². The van der Waals surface area contributed by atoms with Crippen LogP contribution in [0.5, 0.6) is 0 Å². The number of nitrogens with zero attached hydrogens (tertiary/aromatic N) is 3. The number of carbonyl (C=O) groups is 2. The molecular weight excluding hydrogens is 408 g/mol. The number of benzene rings is 1. The average molecular weight is 431 g/mol. The summed E-state index contributed by atoms with van der Waals surface area (Å²) in [6, 6.07) is 9.72. The van der Waals surface area contributed by atoms with E-state index in [0.29, 0.717) is 22.3 Å². The minimum Gasteiger partial charge on any atom is -0.465 e. The second-order valence-corrected chi connectivity index (χ2v) is 8.49. The van der Waals surface area contributed by atoms with Gasteiger partial charge in [-0.1, -0.05) is 36.0 Å². The van der Waals surface area contributed by atoms with Crippen LogP contribution >= 0.6 is 23.1 Å². The largest absolute Gasteiger partial charge is 0.465 e. The molecule has 0 saturated carbocycles. The summed E-state index contributed by atoms with van der Waals surface area (Å²) >= 11 is 2.66. The molecule has 1 aromatic carbocycles. The number of aryl methyl sites for hydroxylation is 2. The predicted molar refractivity (Wildman–Crippen MR) is 116 cm³/mol. The van der Waals surface area contributed by atoms with Gasteiger partial charge in [0.25, 0.3) is 0 Å². The van der Waals surface area contributed by atoms with E-state index in [2.05, 4.69) is 15.5 Å². The van der Waals surface area contributed by atoms with Crippen molar-refractivity contribution in [3.05, 3.63) is 46.3 Å². The van der Waals surface area contributed by atoms with Crippen molar-refractivity contribution in [1.29, 1.82) is 0 Å². The Labute approximate surface area is 177 Å². The molecule has 3 aromatic rings. The zero-order chi connectivity index (χ0) is 21.0. The molecule has 1 amide bonds. The summed E-state index contributed by atoms with van der Waals surface area (Å²) in [6.45, 7) is 6.62. The Kier molecular flexibility index (Phi) is 6.71. The van der Waals surface area contributed by atoms with Gasteiger partial charge in [-0.2, -0.15) is 0 Å². The minimum atomic E-state index is -0.467. The second kappa shape index (κ2) is 9.23. The third-order valence-electron chi connectivity index (χ3n) is 4.26. The lowest BCUT2D eigenvalue weighted by molar-refractivity contribution is -0.113. The SMILES string of the molecule is CCn1c(SCC(=O)Nc2sc(C)cc2C(=O)OC)nnc1-c1ccccc1C. The lowest BCUT2D eigenvalue weighted by atomic mass is 10.1. The van der Waals surface area contributed by atoms with Gasteiger partial charge >= 0.3 is 5.97 Å². The van der Waals surface area contributed by atoms with Crippen molar-refractivity contribution in [2.45, 2.75) is 32.5 Å². The standard InChI is InChI=1S/C20H22N4O3S2/c1-5-24-17(14-9-7-6-8-12(14)2)22-23-20(24)28-11-16(25)21-18-15(19(26)27-4)10-13(3)29-18/h6-10H,5,11H2,1-4H3,(H,21,25). The summed E-state index contributed by atoms with van der Waals surface area (Å²) in [5.41, 5.74) is 2.51. The molecule has 0 unspecified atom stereocenters. The van der Waals surface area contributed by atoms with E-state index < -0.39 is 5.97 Å². The number of hydrogen-bond donors (Lipinski definition) is 1. The van der Waals surface area contributed by atoms with Crippen molar-refractivity contribution in [2.24, 2.45) is 0 Å². The fourth-order valence-electron chi connectivity index (χ4n) is 2.87. The number of methoxy groups -OCH3 is 1. The molecule has 0 radical (unpaired) electrons. The lowest BCUT2D eigenvalue weighted by Gasteiger charge is -2.09. The van der Waals surface area contributed by atoms with E-state index in [-0.39, 0.29) is 11.7 Å². The van der Waals surface area contributed by atoms with Crippen LogP contribution in [0.4, 0.5) is 5.00 Å². The summed E-state index contributed by atoms with van der Waals surface area (Å²) < 4.78 is 6.77. The second-order valence-electron chi connectivity index (χ2n) is 6.29. The Bertz CT molecular complexity index is 1040. The maximum atomic E-state index is 12.5. The van der Waals surface area contributed by atoms with Crippen LogP contribution in [0.1, 0.15) is 27.7 Å². The first kappa shape index (κ1) is 21.1. The predicted octanol–water partition coefficient (Wildman–Crippen LogP) is 4.16. The van der Waals surface area contributed by atoms with Crippen LogP contribution in [0.2, 0.25) is 0 Å². The number of aromatic nitrogens is 3. The number of ether oxygens (including phenoxy) is 1. The first-order chi connectivity index (χ1) is 13.9. The summed E-state index contributed by atoms with van der Waals surface area (Å²) in [4.78, 5) is 25.2. The van der Waals surface area contributed by atoms with Gasteiger partial charge in [0.05, 0.1) is 18.4 Å². The molecule has 9 heteroatoms. The molecular formula is C20H22N4O3S2. The fraction of sp³-hybridized carbons (Fsp3) is 0.300. The lowest BCUT2D eigenvalue weighted by Crippen LogP contribution is -2.16. The van der Waals surface area contributed by atoms with Gasteiger partial charge in [-0.15, -0.1) is 21.5 Å². The molecule has 0 fully saturated rings. The highest BCUT2D eigenvalue weighted by Gasteiger charge is 2.19. The highest BCUT2D eigenvalue weighted by Crippen LogP contribution is 2.29. The van der Waals surface area contributed by atoms with Crippen molar-refractivity contribution in [3.63, 3.8) is 0 Å². The van der Waals surface area contributed by atoms with E-state index in [4.69, 9.17) is 4.74 Å². The van der Waals surface area contributed by atoms with Crippen LogP contribution < -0.4 is 5.32 Å². The number of thiophene rings is 1. The molecule has 1 N–H and O–H groups in total. The average Bonchev–Trinajstić information content (AvgIpc) is 3.28. The number of thioether (sulfide) groups is 1. The molecule has 2 heterocycles. The molecule has 3 rings (SSSR count). The van der Waals surface area contributed by atoms with E-state index in [0.717, 1.165) is 21.8 Å². The summed E-state index contributed by atoms with van der Waals surface area (Å²) in [6.07, 6.45) is 0. The van der Waals surface area contributed by atoms with Crippen molar-refractivity contribution >= 4 is 40.0 Å². The van der Waals surface area contributed by atoms with E-state index >= 15 is 0 Å². The first-order valence-electron chi connectivity index (χ1n) is 9.05. The number of hydrogen-bond acceptors (Lipinski definition) is 7. The number of anilines is 1. The molecule has 0 spiro atoms. The molecule has 152 valence electrons. The van der Waals surface area contributed by atoms with E-state index in [1.165, 1.54) is 30.2 Å². The highest BCUT2D eigenvalue weighted by molar-refractivity contribution is 7.99. The van der Waals surface area contributed by atoms with E-state index in [1.54, 1.807) is 6.07 Å². The highest BCUT2D eigenvalue weighted by atomic mass is 32.2. The molecule has 0 saturated heterocycles. The van der Waals surface area contributed by atoms with E-state index in [9.17, 15) is 9.59 Å². The van der Waals surface area contributed by atoms with Crippen LogP contribution in [0.3, 0.4) is 0 Å². The first-order valence-corrected chi connectivity index (χ1v) is 10.8. The Balaban J connectivity index is 1.72. The number of carbonyl (C=O) groups excluding carboxylic acids is 2.